The maximum atomic E-state index is 12.1. The van der Waals surface area contributed by atoms with E-state index in [9.17, 15) is 9.90 Å². The van der Waals surface area contributed by atoms with Crippen LogP contribution in [0, 0.1) is 17.3 Å². The molecular weight excluding hydrogens is 188 g/mol. The first-order valence-corrected chi connectivity index (χ1v) is 6.27. The molecular formula is C13H22O2. The number of aliphatic hydroxyl groups excluding tert-OH is 1. The summed E-state index contributed by atoms with van der Waals surface area (Å²) >= 11 is 0. The summed E-state index contributed by atoms with van der Waals surface area (Å²) < 4.78 is 0. The Morgan fingerprint density at radius 2 is 2.07 bits per heavy atom. The van der Waals surface area contributed by atoms with Crippen molar-refractivity contribution in [2.24, 2.45) is 17.3 Å². The van der Waals surface area contributed by atoms with Crippen molar-refractivity contribution in [3.8, 4) is 0 Å². The lowest BCUT2D eigenvalue weighted by Crippen LogP contribution is -2.46. The fourth-order valence-electron chi connectivity index (χ4n) is 3.61. The van der Waals surface area contributed by atoms with E-state index in [4.69, 9.17) is 0 Å². The molecule has 2 rings (SSSR count). The highest BCUT2D eigenvalue weighted by molar-refractivity contribution is 5.85. The fraction of sp³-hybridized carbons (Fsp3) is 0.923. The SMILES string of the molecule is C[C@H]1[C@H](O)CC[C@@]2(C)C(=O)CCCC[C@H]12. The molecule has 0 saturated heterocycles. The summed E-state index contributed by atoms with van der Waals surface area (Å²) in [6, 6.07) is 0. The molecule has 2 aliphatic rings. The van der Waals surface area contributed by atoms with Crippen LogP contribution in [0.15, 0.2) is 0 Å². The van der Waals surface area contributed by atoms with Crippen molar-refractivity contribution in [3.63, 3.8) is 0 Å². The van der Waals surface area contributed by atoms with Gasteiger partial charge < -0.3 is 5.11 Å². The molecule has 0 aliphatic heterocycles. The molecule has 0 radical (unpaired) electrons. The van der Waals surface area contributed by atoms with Crippen LogP contribution in [0.3, 0.4) is 0 Å². The van der Waals surface area contributed by atoms with Crippen LogP contribution < -0.4 is 0 Å². The van der Waals surface area contributed by atoms with Crippen molar-refractivity contribution in [1.82, 2.24) is 0 Å². The van der Waals surface area contributed by atoms with E-state index in [1.54, 1.807) is 0 Å². The molecule has 0 amide bonds. The van der Waals surface area contributed by atoms with E-state index in [1.807, 2.05) is 0 Å². The van der Waals surface area contributed by atoms with Gasteiger partial charge in [0.1, 0.15) is 5.78 Å². The van der Waals surface area contributed by atoms with Crippen molar-refractivity contribution < 1.29 is 9.90 Å². The minimum atomic E-state index is -0.186. The maximum absolute atomic E-state index is 12.1. The van der Waals surface area contributed by atoms with Gasteiger partial charge in [-0.3, -0.25) is 4.79 Å². The standard InChI is InChI=1S/C13H22O2/c1-9-10-5-3-4-6-12(15)13(10,2)8-7-11(9)14/h9-11,14H,3-8H2,1-2H3/t9-,10-,11-,13-/m1/s1. The van der Waals surface area contributed by atoms with Gasteiger partial charge in [0.2, 0.25) is 0 Å². The van der Waals surface area contributed by atoms with E-state index >= 15 is 0 Å². The molecule has 2 nitrogen and oxygen atoms in total. The van der Waals surface area contributed by atoms with Crippen LogP contribution in [0.4, 0.5) is 0 Å². The highest BCUT2D eigenvalue weighted by Crippen LogP contribution is 2.49. The van der Waals surface area contributed by atoms with E-state index in [0.29, 0.717) is 17.6 Å². The first-order valence-electron chi connectivity index (χ1n) is 6.27. The van der Waals surface area contributed by atoms with Gasteiger partial charge in [0, 0.05) is 11.8 Å². The molecule has 4 atom stereocenters. The summed E-state index contributed by atoms with van der Waals surface area (Å²) in [4.78, 5) is 12.1. The minimum absolute atomic E-state index is 0.130. The van der Waals surface area contributed by atoms with Gasteiger partial charge in [0.25, 0.3) is 0 Å². The summed E-state index contributed by atoms with van der Waals surface area (Å²) in [5.74, 6) is 1.16. The lowest BCUT2D eigenvalue weighted by atomic mass is 9.59. The third-order valence-corrected chi connectivity index (χ3v) is 4.83. The second-order valence-electron chi connectivity index (χ2n) is 5.66. The Kier molecular flexibility index (Phi) is 2.89. The molecule has 0 aromatic heterocycles. The number of carbonyl (C=O) groups excluding carboxylic acids is 1. The Morgan fingerprint density at radius 3 is 2.80 bits per heavy atom. The topological polar surface area (TPSA) is 37.3 Å². The maximum Gasteiger partial charge on any atom is 0.139 e. The third kappa shape index (κ3) is 1.73. The number of carbonyl (C=O) groups is 1. The van der Waals surface area contributed by atoms with Gasteiger partial charge >= 0.3 is 0 Å². The van der Waals surface area contributed by atoms with Crippen molar-refractivity contribution in [2.45, 2.75) is 58.5 Å². The molecule has 15 heavy (non-hydrogen) atoms. The summed E-state index contributed by atoms with van der Waals surface area (Å²) in [5, 5.41) is 9.90. The first-order chi connectivity index (χ1) is 7.05. The van der Waals surface area contributed by atoms with Crippen LogP contribution in [-0.4, -0.2) is 17.0 Å². The number of hydrogen-bond donors (Lipinski definition) is 1. The zero-order valence-corrected chi connectivity index (χ0v) is 9.83. The molecule has 0 unspecified atom stereocenters. The molecule has 0 spiro atoms. The number of Topliss-reactive ketones (excluding diaryl/α,β-unsaturated/α-hetero) is 1. The summed E-state index contributed by atoms with van der Waals surface area (Å²) in [7, 11) is 0. The Labute approximate surface area is 92.1 Å². The predicted molar refractivity (Wildman–Crippen MR) is 59.5 cm³/mol. The fourth-order valence-corrected chi connectivity index (χ4v) is 3.61. The minimum Gasteiger partial charge on any atom is -0.393 e. The van der Waals surface area contributed by atoms with Gasteiger partial charge in [0.15, 0.2) is 0 Å². The quantitative estimate of drug-likeness (QED) is 0.667. The van der Waals surface area contributed by atoms with Crippen LogP contribution in [0.2, 0.25) is 0 Å². The van der Waals surface area contributed by atoms with Crippen molar-refractivity contribution in [3.05, 3.63) is 0 Å². The van der Waals surface area contributed by atoms with Gasteiger partial charge in [-0.25, -0.2) is 0 Å². The molecule has 2 fully saturated rings. The highest BCUT2D eigenvalue weighted by Gasteiger charge is 2.48. The number of aliphatic hydroxyl groups is 1. The molecule has 0 aromatic rings. The Hall–Kier alpha value is -0.370. The van der Waals surface area contributed by atoms with Crippen LogP contribution in [0.25, 0.3) is 0 Å². The molecule has 1 N–H and O–H groups in total. The molecule has 2 heteroatoms. The lowest BCUT2D eigenvalue weighted by molar-refractivity contribution is -0.137. The molecule has 86 valence electrons. The zero-order valence-electron chi connectivity index (χ0n) is 9.83. The van der Waals surface area contributed by atoms with Gasteiger partial charge in [0.05, 0.1) is 6.10 Å². The van der Waals surface area contributed by atoms with Crippen molar-refractivity contribution in [1.29, 1.82) is 0 Å². The van der Waals surface area contributed by atoms with Crippen molar-refractivity contribution >= 4 is 5.78 Å². The highest BCUT2D eigenvalue weighted by atomic mass is 16.3. The summed E-state index contributed by atoms with van der Waals surface area (Å²) in [6.45, 7) is 4.25. The number of hydrogen-bond acceptors (Lipinski definition) is 2. The van der Waals surface area contributed by atoms with E-state index in [-0.39, 0.29) is 11.5 Å². The molecule has 0 heterocycles. The summed E-state index contributed by atoms with van der Waals surface area (Å²) in [6.07, 6.45) is 5.60. The van der Waals surface area contributed by atoms with Crippen LogP contribution in [-0.2, 0) is 4.79 Å². The van der Waals surface area contributed by atoms with Crippen LogP contribution in [0.5, 0.6) is 0 Å². The molecule has 0 bridgehead atoms. The molecule has 2 aliphatic carbocycles. The van der Waals surface area contributed by atoms with E-state index in [1.165, 1.54) is 0 Å². The molecule has 0 aromatic carbocycles. The van der Waals surface area contributed by atoms with E-state index in [2.05, 4.69) is 13.8 Å². The summed E-state index contributed by atoms with van der Waals surface area (Å²) in [5.41, 5.74) is -0.130. The predicted octanol–water partition coefficient (Wildman–Crippen LogP) is 2.54. The molecule has 2 saturated carbocycles. The monoisotopic (exact) mass is 210 g/mol. The lowest BCUT2D eigenvalue weighted by Gasteiger charge is -2.45. The van der Waals surface area contributed by atoms with Gasteiger partial charge in [-0.05, 0) is 37.5 Å². The van der Waals surface area contributed by atoms with Gasteiger partial charge in [-0.2, -0.15) is 0 Å². The zero-order chi connectivity index (χ0) is 11.1. The number of fused-ring (bicyclic) bond motifs is 1. The normalized spacial score (nSPS) is 47.1. The largest absolute Gasteiger partial charge is 0.393 e. The van der Waals surface area contributed by atoms with Gasteiger partial charge in [-0.1, -0.05) is 20.3 Å². The van der Waals surface area contributed by atoms with E-state index in [0.717, 1.165) is 38.5 Å². The second-order valence-corrected chi connectivity index (χ2v) is 5.66. The second kappa shape index (κ2) is 3.89. The Bertz CT molecular complexity index is 261. The van der Waals surface area contributed by atoms with E-state index < -0.39 is 0 Å². The average Bonchev–Trinajstić information content (AvgIpc) is 2.35. The van der Waals surface area contributed by atoms with Gasteiger partial charge in [-0.15, -0.1) is 0 Å². The number of ketones is 1. The number of rotatable bonds is 0. The van der Waals surface area contributed by atoms with Crippen LogP contribution >= 0.6 is 0 Å². The first kappa shape index (κ1) is 11.1. The van der Waals surface area contributed by atoms with Crippen molar-refractivity contribution in [2.75, 3.05) is 0 Å². The smallest absolute Gasteiger partial charge is 0.139 e. The average molecular weight is 210 g/mol. The Morgan fingerprint density at radius 1 is 1.33 bits per heavy atom. The van der Waals surface area contributed by atoms with Crippen LogP contribution in [0.1, 0.15) is 52.4 Å². The Balaban J connectivity index is 2.27. The third-order valence-electron chi connectivity index (χ3n) is 4.83.